The van der Waals surface area contributed by atoms with E-state index in [0.29, 0.717) is 13.1 Å². The molecule has 0 spiro atoms. The van der Waals surface area contributed by atoms with Crippen LogP contribution in [0.25, 0.3) is 10.9 Å². The molecule has 0 bridgehead atoms. The Morgan fingerprint density at radius 2 is 2.07 bits per heavy atom. The fourth-order valence-electron chi connectivity index (χ4n) is 5.27. The van der Waals surface area contributed by atoms with E-state index >= 15 is 8.78 Å². The van der Waals surface area contributed by atoms with Crippen molar-refractivity contribution >= 4 is 22.6 Å². The largest absolute Gasteiger partial charge is 0.477 e. The molecule has 3 aliphatic rings. The van der Waals surface area contributed by atoms with E-state index in [4.69, 9.17) is 5.73 Å². The zero-order valence-corrected chi connectivity index (χ0v) is 16.1. The molecule has 1 saturated heterocycles. The first-order chi connectivity index (χ1) is 13.7. The Hall–Kier alpha value is -2.48. The molecular formula is C21H23F2N3O3. The van der Waals surface area contributed by atoms with E-state index in [-0.39, 0.29) is 40.0 Å². The molecule has 1 aromatic carbocycles. The minimum absolute atomic E-state index is 0.00913. The number of piperidine rings is 1. The van der Waals surface area contributed by atoms with Crippen LogP contribution in [0.1, 0.15) is 49.0 Å². The van der Waals surface area contributed by atoms with Crippen molar-refractivity contribution in [2.45, 2.75) is 44.7 Å². The Labute approximate surface area is 165 Å². The van der Waals surface area contributed by atoms with Gasteiger partial charge in [0.25, 0.3) is 0 Å². The maximum atomic E-state index is 15.7. The highest BCUT2D eigenvalue weighted by Crippen LogP contribution is 2.52. The highest BCUT2D eigenvalue weighted by atomic mass is 19.1. The van der Waals surface area contributed by atoms with E-state index in [0.717, 1.165) is 31.7 Å². The molecule has 2 saturated carbocycles. The number of fused-ring (bicyclic) bond motifs is 2. The Morgan fingerprint density at radius 1 is 1.34 bits per heavy atom. The molecule has 3 fully saturated rings. The summed E-state index contributed by atoms with van der Waals surface area (Å²) in [6.07, 6.45) is 4.46. The summed E-state index contributed by atoms with van der Waals surface area (Å²) < 4.78 is 32.2. The average Bonchev–Trinajstić information content (AvgIpc) is 3.48. The smallest absolute Gasteiger partial charge is 0.341 e. The molecule has 2 aromatic rings. The van der Waals surface area contributed by atoms with Gasteiger partial charge in [0.15, 0.2) is 5.82 Å². The van der Waals surface area contributed by atoms with Gasteiger partial charge in [0.1, 0.15) is 17.1 Å². The van der Waals surface area contributed by atoms with Crippen molar-refractivity contribution in [3.63, 3.8) is 0 Å². The minimum atomic E-state index is -1.40. The zero-order chi connectivity index (χ0) is 20.7. The summed E-state index contributed by atoms with van der Waals surface area (Å²) in [7, 11) is 0. The van der Waals surface area contributed by atoms with Crippen molar-refractivity contribution in [3.05, 3.63) is 39.7 Å². The number of benzene rings is 1. The number of anilines is 1. The van der Waals surface area contributed by atoms with E-state index in [2.05, 4.69) is 6.92 Å². The van der Waals surface area contributed by atoms with E-state index < -0.39 is 28.6 Å². The second kappa shape index (κ2) is 6.01. The van der Waals surface area contributed by atoms with Crippen LogP contribution < -0.4 is 16.1 Å². The fourth-order valence-corrected chi connectivity index (χ4v) is 5.27. The van der Waals surface area contributed by atoms with Crippen LogP contribution in [0.3, 0.4) is 0 Å². The molecule has 3 atom stereocenters. The van der Waals surface area contributed by atoms with Crippen LogP contribution >= 0.6 is 0 Å². The summed E-state index contributed by atoms with van der Waals surface area (Å²) >= 11 is 0. The third-order valence-electron chi connectivity index (χ3n) is 7.15. The summed E-state index contributed by atoms with van der Waals surface area (Å²) in [5, 5.41) is 9.11. The Balaban J connectivity index is 1.68. The van der Waals surface area contributed by atoms with E-state index in [1.54, 1.807) is 4.90 Å². The van der Waals surface area contributed by atoms with E-state index in [1.165, 1.54) is 10.8 Å². The number of halogens is 2. The molecule has 0 radical (unpaired) electrons. The van der Waals surface area contributed by atoms with E-state index in [9.17, 15) is 14.7 Å². The first kappa shape index (κ1) is 18.5. The lowest BCUT2D eigenvalue weighted by Gasteiger charge is -2.57. The fraction of sp³-hybridized carbons (Fsp3) is 0.524. The number of hydrogen-bond acceptors (Lipinski definition) is 4. The van der Waals surface area contributed by atoms with Gasteiger partial charge < -0.3 is 20.3 Å². The van der Waals surface area contributed by atoms with Crippen molar-refractivity contribution < 1.29 is 18.7 Å². The molecule has 0 unspecified atom stereocenters. The van der Waals surface area contributed by atoms with Crippen LogP contribution in [0.5, 0.6) is 0 Å². The molecule has 154 valence electrons. The van der Waals surface area contributed by atoms with Crippen LogP contribution in [0, 0.1) is 23.0 Å². The molecule has 3 N–H and O–H groups in total. The van der Waals surface area contributed by atoms with Crippen LogP contribution in [-0.2, 0) is 0 Å². The second-order valence-corrected chi connectivity index (χ2v) is 9.06. The third-order valence-corrected chi connectivity index (χ3v) is 7.15. The average molecular weight is 403 g/mol. The number of hydrogen-bond donors (Lipinski definition) is 2. The summed E-state index contributed by atoms with van der Waals surface area (Å²) in [6, 6.07) is 0.946. The van der Waals surface area contributed by atoms with Gasteiger partial charge in [0, 0.05) is 31.4 Å². The highest BCUT2D eigenvalue weighted by molar-refractivity contribution is 5.94. The maximum absolute atomic E-state index is 15.7. The predicted octanol–water partition coefficient (Wildman–Crippen LogP) is 2.88. The van der Waals surface area contributed by atoms with Gasteiger partial charge in [-0.15, -0.1) is 0 Å². The first-order valence-electron chi connectivity index (χ1n) is 10.0. The standard InChI is InChI=1S/C21H23F2N3O3/c1-21-4-5-25(9-13(21)15(24)7-21)18-14(22)6-11-17(16(18)23)26(10-2-3-10)8-12(19(11)27)20(28)29/h6,8,10,13,15H,2-5,7,9,24H2,1H3,(H,28,29)/t13-,15-,21+/m0/s1. The molecule has 1 aliphatic heterocycles. The molecule has 2 aliphatic carbocycles. The number of carboxylic acid groups (broad SMARTS) is 1. The van der Waals surface area contributed by atoms with Gasteiger partial charge in [-0.05, 0) is 43.1 Å². The lowest BCUT2D eigenvalue weighted by molar-refractivity contribution is 0.00280. The third kappa shape index (κ3) is 2.61. The number of pyridine rings is 1. The number of aromatic carboxylic acids is 1. The van der Waals surface area contributed by atoms with Gasteiger partial charge >= 0.3 is 5.97 Å². The monoisotopic (exact) mass is 403 g/mol. The molecular weight excluding hydrogens is 380 g/mol. The van der Waals surface area contributed by atoms with Crippen molar-refractivity contribution in [2.24, 2.45) is 17.1 Å². The summed E-state index contributed by atoms with van der Waals surface area (Å²) in [4.78, 5) is 25.7. The number of rotatable bonds is 3. The topological polar surface area (TPSA) is 88.6 Å². The van der Waals surface area contributed by atoms with Crippen LogP contribution in [0.4, 0.5) is 14.5 Å². The Kier molecular flexibility index (Phi) is 3.84. The second-order valence-electron chi connectivity index (χ2n) is 9.06. The SMILES string of the molecule is C[C@]12CCN(c3c(F)cc4c(=O)c(C(=O)O)cn(C5CC5)c4c3F)C[C@H]1[C@@H](N)C2. The van der Waals surface area contributed by atoms with Gasteiger partial charge in [-0.3, -0.25) is 4.79 Å². The molecule has 8 heteroatoms. The van der Waals surface area contributed by atoms with Crippen molar-refractivity contribution in [1.82, 2.24) is 4.57 Å². The molecule has 0 amide bonds. The van der Waals surface area contributed by atoms with Crippen LogP contribution in [0.15, 0.2) is 17.1 Å². The van der Waals surface area contributed by atoms with Gasteiger partial charge in [0.2, 0.25) is 5.43 Å². The lowest BCUT2D eigenvalue weighted by Crippen LogP contribution is -2.62. The van der Waals surface area contributed by atoms with Crippen molar-refractivity contribution in [3.8, 4) is 0 Å². The summed E-state index contributed by atoms with van der Waals surface area (Å²) in [5.41, 5.74) is 4.78. The highest BCUT2D eigenvalue weighted by Gasteiger charge is 2.52. The van der Waals surface area contributed by atoms with Gasteiger partial charge in [-0.1, -0.05) is 6.92 Å². The van der Waals surface area contributed by atoms with Crippen LogP contribution in [0.2, 0.25) is 0 Å². The van der Waals surface area contributed by atoms with Gasteiger partial charge in [0.05, 0.1) is 10.9 Å². The lowest BCUT2D eigenvalue weighted by atomic mass is 9.55. The molecule has 1 aromatic heterocycles. The molecule has 2 heterocycles. The quantitative estimate of drug-likeness (QED) is 0.823. The Bertz CT molecular complexity index is 1110. The van der Waals surface area contributed by atoms with Crippen LogP contribution in [-0.4, -0.2) is 34.8 Å². The minimum Gasteiger partial charge on any atom is -0.477 e. The zero-order valence-electron chi connectivity index (χ0n) is 16.1. The van der Waals surface area contributed by atoms with Gasteiger partial charge in [-0.25, -0.2) is 13.6 Å². The number of nitrogens with zero attached hydrogens (tertiary/aromatic N) is 2. The van der Waals surface area contributed by atoms with Crippen molar-refractivity contribution in [1.29, 1.82) is 0 Å². The number of aromatic nitrogens is 1. The molecule has 6 nitrogen and oxygen atoms in total. The summed E-state index contributed by atoms with van der Waals surface area (Å²) in [5.74, 6) is -2.86. The summed E-state index contributed by atoms with van der Waals surface area (Å²) in [6.45, 7) is 3.15. The normalized spacial score (nSPS) is 28.9. The maximum Gasteiger partial charge on any atom is 0.341 e. The Morgan fingerprint density at radius 3 is 2.69 bits per heavy atom. The predicted molar refractivity (Wildman–Crippen MR) is 104 cm³/mol. The van der Waals surface area contributed by atoms with Crippen molar-refractivity contribution in [2.75, 3.05) is 18.0 Å². The number of nitrogens with two attached hydrogens (primary N) is 1. The molecule has 29 heavy (non-hydrogen) atoms. The first-order valence-corrected chi connectivity index (χ1v) is 10.0. The van der Waals surface area contributed by atoms with E-state index in [1.807, 2.05) is 0 Å². The van der Waals surface area contributed by atoms with Gasteiger partial charge in [-0.2, -0.15) is 0 Å². The number of carbonyl (C=O) groups is 1. The number of carboxylic acids is 1. The molecule has 5 rings (SSSR count).